The highest BCUT2D eigenvalue weighted by atomic mass is 32.2. The van der Waals surface area contributed by atoms with Crippen LogP contribution >= 0.6 is 0 Å². The van der Waals surface area contributed by atoms with Crippen LogP contribution in [0.5, 0.6) is 0 Å². The van der Waals surface area contributed by atoms with Gasteiger partial charge in [-0.3, -0.25) is 18.8 Å². The summed E-state index contributed by atoms with van der Waals surface area (Å²) in [6.45, 7) is 7.72. The monoisotopic (exact) mass is 476 g/mol. The second-order valence-corrected chi connectivity index (χ2v) is 10.1. The van der Waals surface area contributed by atoms with Gasteiger partial charge in [-0.05, 0) is 54.5 Å². The quantitative estimate of drug-likeness (QED) is 0.413. The summed E-state index contributed by atoms with van der Waals surface area (Å²) in [7, 11) is -2.59. The molecule has 2 rings (SSSR count). The molecule has 0 aliphatic rings. The van der Waals surface area contributed by atoms with Crippen molar-refractivity contribution < 1.29 is 26.9 Å². The van der Waals surface area contributed by atoms with Gasteiger partial charge >= 0.3 is 5.97 Å². The highest BCUT2D eigenvalue weighted by Gasteiger charge is 2.29. The van der Waals surface area contributed by atoms with Crippen molar-refractivity contribution in [2.75, 3.05) is 13.4 Å². The lowest BCUT2D eigenvalue weighted by atomic mass is 9.94. The number of aromatic nitrogens is 1. The fourth-order valence-electron chi connectivity index (χ4n) is 3.65. The first-order chi connectivity index (χ1) is 15.4. The summed E-state index contributed by atoms with van der Waals surface area (Å²) in [6.07, 6.45) is 3.04. The van der Waals surface area contributed by atoms with Gasteiger partial charge in [-0.2, -0.15) is 8.42 Å². The van der Waals surface area contributed by atoms with E-state index in [2.05, 4.69) is 10.3 Å². The van der Waals surface area contributed by atoms with Crippen LogP contribution in [0.4, 0.5) is 0 Å². The number of ether oxygens (including phenoxy) is 1. The normalized spacial score (nSPS) is 13.4. The minimum absolute atomic E-state index is 0.00980. The second kappa shape index (κ2) is 11.4. The van der Waals surface area contributed by atoms with Gasteiger partial charge in [0.2, 0.25) is 0 Å². The van der Waals surface area contributed by atoms with Crippen molar-refractivity contribution in [3.63, 3.8) is 0 Å². The Morgan fingerprint density at radius 2 is 1.76 bits per heavy atom. The zero-order valence-electron chi connectivity index (χ0n) is 19.9. The van der Waals surface area contributed by atoms with Gasteiger partial charge in [-0.15, -0.1) is 0 Å². The van der Waals surface area contributed by atoms with Crippen molar-refractivity contribution in [3.8, 4) is 11.1 Å². The van der Waals surface area contributed by atoms with Crippen molar-refractivity contribution in [2.24, 2.45) is 5.92 Å². The topological polar surface area (TPSA) is 112 Å². The number of hydrogen-bond acceptors (Lipinski definition) is 7. The lowest BCUT2D eigenvalue weighted by Gasteiger charge is -2.23. The van der Waals surface area contributed by atoms with Crippen LogP contribution in [0.1, 0.15) is 49.4 Å². The number of rotatable bonds is 10. The Kier molecular flexibility index (Phi) is 9.13. The zero-order valence-corrected chi connectivity index (χ0v) is 20.7. The Morgan fingerprint density at radius 3 is 2.30 bits per heavy atom. The molecule has 2 aromatic rings. The maximum Gasteiger partial charge on any atom is 0.307 e. The number of nitrogens with one attached hydrogen (secondary N) is 1. The molecule has 1 aromatic carbocycles. The molecule has 0 aliphatic carbocycles. The lowest BCUT2D eigenvalue weighted by Crippen LogP contribution is -2.41. The predicted molar refractivity (Wildman–Crippen MR) is 126 cm³/mol. The van der Waals surface area contributed by atoms with Crippen LogP contribution in [0.2, 0.25) is 0 Å². The van der Waals surface area contributed by atoms with Crippen LogP contribution in [0, 0.1) is 19.8 Å². The van der Waals surface area contributed by atoms with E-state index >= 15 is 0 Å². The van der Waals surface area contributed by atoms with Gasteiger partial charge in [-0.1, -0.05) is 32.0 Å². The van der Waals surface area contributed by atoms with E-state index in [4.69, 9.17) is 8.92 Å². The van der Waals surface area contributed by atoms with E-state index < -0.39 is 34.1 Å². The molecule has 9 heteroatoms. The number of pyridine rings is 1. The number of nitrogens with zero attached hydrogens (tertiary/aromatic N) is 1. The van der Waals surface area contributed by atoms with E-state index in [0.29, 0.717) is 5.56 Å². The molecule has 1 heterocycles. The first-order valence-electron chi connectivity index (χ1n) is 10.7. The predicted octanol–water partition coefficient (Wildman–Crippen LogP) is 3.48. The van der Waals surface area contributed by atoms with Gasteiger partial charge in [0.25, 0.3) is 16.0 Å². The maximum absolute atomic E-state index is 13.0. The molecule has 2 unspecified atom stereocenters. The fourth-order valence-corrected chi connectivity index (χ4v) is 4.24. The highest BCUT2D eigenvalue weighted by Crippen LogP contribution is 2.29. The number of amides is 1. The Balaban J connectivity index is 2.42. The molecule has 1 amide bonds. The summed E-state index contributed by atoms with van der Waals surface area (Å²) in [6, 6.07) is 7.07. The van der Waals surface area contributed by atoms with Crippen LogP contribution in [-0.4, -0.2) is 44.7 Å². The molecule has 33 heavy (non-hydrogen) atoms. The SMILES string of the molecule is COC(=O)CC(NC(=O)C(CC(C)C)OS(C)(=O)=O)c1cncc(-c2c(C)cccc2C)c1. The van der Waals surface area contributed by atoms with Gasteiger partial charge < -0.3 is 10.1 Å². The Hall–Kier alpha value is -2.78. The molecule has 2 atom stereocenters. The molecule has 1 aromatic heterocycles. The Labute approximate surface area is 195 Å². The number of methoxy groups -OCH3 is 1. The van der Waals surface area contributed by atoms with Gasteiger partial charge in [0.05, 0.1) is 25.8 Å². The molecule has 0 radical (unpaired) electrons. The van der Waals surface area contributed by atoms with Crippen molar-refractivity contribution in [3.05, 3.63) is 53.3 Å². The summed E-state index contributed by atoms with van der Waals surface area (Å²) in [5, 5.41) is 2.77. The summed E-state index contributed by atoms with van der Waals surface area (Å²) in [5.41, 5.74) is 4.60. The van der Waals surface area contributed by atoms with Gasteiger partial charge in [0.1, 0.15) is 0 Å². The molecule has 0 fully saturated rings. The molecular formula is C24H32N2O6S. The Morgan fingerprint density at radius 1 is 1.12 bits per heavy atom. The first-order valence-corrected chi connectivity index (χ1v) is 12.5. The van der Waals surface area contributed by atoms with Gasteiger partial charge in [0.15, 0.2) is 6.10 Å². The number of benzene rings is 1. The van der Waals surface area contributed by atoms with E-state index in [1.54, 1.807) is 12.4 Å². The fraction of sp³-hybridized carbons (Fsp3) is 0.458. The van der Waals surface area contributed by atoms with Crippen LogP contribution in [0.15, 0.2) is 36.7 Å². The number of carbonyl (C=O) groups excluding carboxylic acids is 2. The largest absolute Gasteiger partial charge is 0.469 e. The minimum Gasteiger partial charge on any atom is -0.469 e. The number of hydrogen-bond donors (Lipinski definition) is 1. The van der Waals surface area contributed by atoms with E-state index in [-0.39, 0.29) is 18.8 Å². The molecule has 0 saturated carbocycles. The van der Waals surface area contributed by atoms with Crippen LogP contribution < -0.4 is 5.32 Å². The molecule has 0 bridgehead atoms. The average Bonchev–Trinajstić information content (AvgIpc) is 2.71. The molecule has 0 spiro atoms. The van der Waals surface area contributed by atoms with Crippen molar-refractivity contribution >= 4 is 22.0 Å². The molecule has 1 N–H and O–H groups in total. The standard InChI is InChI=1S/C24H32N2O6S/c1-15(2)10-21(32-33(6,29)30)24(28)26-20(12-22(27)31-5)18-11-19(14-25-13-18)23-16(3)8-7-9-17(23)4/h7-9,11,13-15,20-21H,10,12H2,1-6H3,(H,26,28). The van der Waals surface area contributed by atoms with Crippen LogP contribution in [0.3, 0.4) is 0 Å². The first kappa shape index (κ1) is 26.5. The molecule has 0 saturated heterocycles. The summed E-state index contributed by atoms with van der Waals surface area (Å²) < 4.78 is 33.2. The average molecular weight is 477 g/mol. The molecule has 0 aliphatic heterocycles. The second-order valence-electron chi connectivity index (χ2n) is 8.53. The third-order valence-corrected chi connectivity index (χ3v) is 5.70. The van der Waals surface area contributed by atoms with Gasteiger partial charge in [0, 0.05) is 18.0 Å². The Bertz CT molecular complexity index is 1080. The smallest absolute Gasteiger partial charge is 0.307 e. The van der Waals surface area contributed by atoms with Crippen molar-refractivity contribution in [1.82, 2.24) is 10.3 Å². The van der Waals surface area contributed by atoms with Crippen LogP contribution in [-0.2, 0) is 28.6 Å². The van der Waals surface area contributed by atoms with E-state index in [1.807, 2.05) is 52.0 Å². The lowest BCUT2D eigenvalue weighted by molar-refractivity contribution is -0.141. The molecular weight excluding hydrogens is 444 g/mol. The van der Waals surface area contributed by atoms with Crippen molar-refractivity contribution in [1.29, 1.82) is 0 Å². The molecule has 180 valence electrons. The van der Waals surface area contributed by atoms with Crippen molar-refractivity contribution in [2.45, 2.75) is 52.7 Å². The zero-order chi connectivity index (χ0) is 24.8. The third-order valence-electron chi connectivity index (χ3n) is 5.12. The van der Waals surface area contributed by atoms with Crippen LogP contribution in [0.25, 0.3) is 11.1 Å². The van der Waals surface area contributed by atoms with E-state index in [9.17, 15) is 18.0 Å². The summed E-state index contributed by atoms with van der Waals surface area (Å²) in [4.78, 5) is 29.4. The third kappa shape index (κ3) is 7.94. The summed E-state index contributed by atoms with van der Waals surface area (Å²) in [5.74, 6) is -1.14. The molecule has 8 nitrogen and oxygen atoms in total. The number of esters is 1. The number of carbonyl (C=O) groups is 2. The minimum atomic E-state index is -3.86. The maximum atomic E-state index is 13.0. The van der Waals surface area contributed by atoms with Gasteiger partial charge in [-0.25, -0.2) is 0 Å². The number of aryl methyl sites for hydroxylation is 2. The van der Waals surface area contributed by atoms with E-state index in [1.165, 1.54) is 7.11 Å². The highest BCUT2D eigenvalue weighted by molar-refractivity contribution is 7.86. The van der Waals surface area contributed by atoms with E-state index in [0.717, 1.165) is 28.5 Å². The summed E-state index contributed by atoms with van der Waals surface area (Å²) >= 11 is 0.